The summed E-state index contributed by atoms with van der Waals surface area (Å²) in [7, 11) is 1.71. The highest BCUT2D eigenvalue weighted by Gasteiger charge is 2.26. The van der Waals surface area contributed by atoms with Crippen LogP contribution >= 0.6 is 0 Å². The van der Waals surface area contributed by atoms with Crippen LogP contribution in [0.3, 0.4) is 0 Å². The highest BCUT2D eigenvalue weighted by molar-refractivity contribution is 5.43. The molecule has 0 radical (unpaired) electrons. The molecule has 2 aromatic carbocycles. The predicted molar refractivity (Wildman–Crippen MR) is 120 cm³/mol. The van der Waals surface area contributed by atoms with Crippen molar-refractivity contribution in [1.29, 1.82) is 0 Å². The number of ether oxygens (including phenoxy) is 2. The highest BCUT2D eigenvalue weighted by atomic mass is 16.5. The maximum Gasteiger partial charge on any atom is 0.162 e. The first-order chi connectivity index (χ1) is 14.8. The Hall–Kier alpha value is -2.30. The van der Waals surface area contributed by atoms with E-state index in [0.29, 0.717) is 6.61 Å². The standard InChI is InChI=1S/C26H34N2O2/c1-29-25-13-12-24(18-26(25)30-21-23-10-6-3-7-11-23)20-28-16-14-27(15-17-28)19-22-8-4-2-5-9-22/h2-4,6-7,10-13,18,22H,5,8-9,14-17,19-21H2,1H3/p+2/t22-/m1/s1. The zero-order valence-electron chi connectivity index (χ0n) is 18.2. The fourth-order valence-electron chi connectivity index (χ4n) is 4.76. The SMILES string of the molecule is COc1ccc(C[NH+]2CC[NH+](C[C@@H]3CC=CCC3)CC2)cc1OCc1ccccc1. The van der Waals surface area contributed by atoms with Crippen LogP contribution < -0.4 is 19.3 Å². The summed E-state index contributed by atoms with van der Waals surface area (Å²) in [4.78, 5) is 3.49. The van der Waals surface area contributed by atoms with E-state index in [1.807, 2.05) is 24.3 Å². The molecule has 0 unspecified atom stereocenters. The predicted octanol–water partition coefficient (Wildman–Crippen LogP) is 1.91. The fourth-order valence-corrected chi connectivity index (χ4v) is 4.76. The number of quaternary nitrogens is 2. The highest BCUT2D eigenvalue weighted by Crippen LogP contribution is 2.28. The number of piperazine rings is 1. The molecule has 160 valence electrons. The molecule has 2 aromatic rings. The van der Waals surface area contributed by atoms with Gasteiger partial charge in [-0.1, -0.05) is 42.5 Å². The molecular weight excluding hydrogens is 372 g/mol. The Morgan fingerprint density at radius 2 is 1.67 bits per heavy atom. The van der Waals surface area contributed by atoms with Crippen LogP contribution in [0.5, 0.6) is 11.5 Å². The van der Waals surface area contributed by atoms with Crippen molar-refractivity contribution >= 4 is 0 Å². The van der Waals surface area contributed by atoms with Gasteiger partial charge in [-0.15, -0.1) is 0 Å². The molecule has 1 aliphatic heterocycles. The quantitative estimate of drug-likeness (QED) is 0.653. The number of nitrogens with one attached hydrogen (secondary N) is 2. The van der Waals surface area contributed by atoms with Crippen LogP contribution in [-0.2, 0) is 13.2 Å². The lowest BCUT2D eigenvalue weighted by atomic mass is 9.94. The average Bonchev–Trinajstić information content (AvgIpc) is 2.80. The molecule has 1 heterocycles. The average molecular weight is 409 g/mol. The second kappa shape index (κ2) is 10.6. The molecule has 4 nitrogen and oxygen atoms in total. The van der Waals surface area contributed by atoms with Crippen molar-refractivity contribution in [3.63, 3.8) is 0 Å². The smallest absolute Gasteiger partial charge is 0.162 e. The van der Waals surface area contributed by atoms with Crippen LogP contribution in [0.25, 0.3) is 0 Å². The van der Waals surface area contributed by atoms with Crippen LogP contribution in [0.15, 0.2) is 60.7 Å². The summed E-state index contributed by atoms with van der Waals surface area (Å²) in [6, 6.07) is 16.7. The number of allylic oxidation sites excluding steroid dienone is 2. The van der Waals surface area contributed by atoms with E-state index in [1.54, 1.807) is 16.9 Å². The van der Waals surface area contributed by atoms with E-state index >= 15 is 0 Å². The van der Waals surface area contributed by atoms with Crippen molar-refractivity contribution in [3.8, 4) is 11.5 Å². The zero-order valence-corrected chi connectivity index (χ0v) is 18.2. The van der Waals surface area contributed by atoms with E-state index in [1.165, 1.54) is 63.1 Å². The lowest BCUT2D eigenvalue weighted by Crippen LogP contribution is -3.27. The van der Waals surface area contributed by atoms with E-state index in [0.717, 1.165) is 24.0 Å². The fraction of sp³-hybridized carbons (Fsp3) is 0.462. The lowest BCUT2D eigenvalue weighted by molar-refractivity contribution is -1.02. The van der Waals surface area contributed by atoms with Gasteiger partial charge in [0.15, 0.2) is 11.5 Å². The maximum atomic E-state index is 6.10. The monoisotopic (exact) mass is 408 g/mol. The van der Waals surface area contributed by atoms with E-state index in [9.17, 15) is 0 Å². The molecule has 30 heavy (non-hydrogen) atoms. The van der Waals surface area contributed by atoms with Gasteiger partial charge in [0.1, 0.15) is 39.3 Å². The molecule has 1 atom stereocenters. The Balaban J connectivity index is 1.29. The Bertz CT molecular complexity index is 813. The summed E-state index contributed by atoms with van der Waals surface area (Å²) in [5, 5.41) is 0. The molecule has 0 amide bonds. The third kappa shape index (κ3) is 5.87. The van der Waals surface area contributed by atoms with Gasteiger partial charge in [-0.2, -0.15) is 0 Å². The van der Waals surface area contributed by atoms with Gasteiger partial charge in [-0.25, -0.2) is 0 Å². The summed E-state index contributed by atoms with van der Waals surface area (Å²) in [6.45, 7) is 8.08. The molecule has 0 bridgehead atoms. The minimum atomic E-state index is 0.561. The molecule has 2 aliphatic rings. The van der Waals surface area contributed by atoms with E-state index in [2.05, 4.69) is 36.4 Å². The summed E-state index contributed by atoms with van der Waals surface area (Å²) < 4.78 is 11.6. The van der Waals surface area contributed by atoms with Crippen molar-refractivity contribution in [2.45, 2.75) is 32.4 Å². The molecule has 0 spiro atoms. The van der Waals surface area contributed by atoms with E-state index in [4.69, 9.17) is 9.47 Å². The number of methoxy groups -OCH3 is 1. The Kier molecular flexibility index (Phi) is 7.44. The molecule has 1 saturated heterocycles. The summed E-state index contributed by atoms with van der Waals surface area (Å²) >= 11 is 0. The molecule has 1 aliphatic carbocycles. The summed E-state index contributed by atoms with van der Waals surface area (Å²) in [6.07, 6.45) is 8.68. The second-order valence-corrected chi connectivity index (χ2v) is 8.79. The molecular formula is C26H36N2O2+2. The second-order valence-electron chi connectivity index (χ2n) is 8.79. The largest absolute Gasteiger partial charge is 0.493 e. The van der Waals surface area contributed by atoms with Gasteiger partial charge in [0.2, 0.25) is 0 Å². The van der Waals surface area contributed by atoms with Gasteiger partial charge in [-0.3, -0.25) is 0 Å². The van der Waals surface area contributed by atoms with Crippen LogP contribution in [0.4, 0.5) is 0 Å². The minimum absolute atomic E-state index is 0.561. The van der Waals surface area contributed by atoms with E-state index < -0.39 is 0 Å². The number of rotatable bonds is 8. The Labute approximate surface area is 181 Å². The van der Waals surface area contributed by atoms with Crippen molar-refractivity contribution in [3.05, 3.63) is 71.8 Å². The van der Waals surface area contributed by atoms with Gasteiger partial charge in [0.05, 0.1) is 13.7 Å². The summed E-state index contributed by atoms with van der Waals surface area (Å²) in [5.41, 5.74) is 2.50. The first-order valence-electron chi connectivity index (χ1n) is 11.5. The minimum Gasteiger partial charge on any atom is -0.493 e. The number of hydrogen-bond acceptors (Lipinski definition) is 2. The molecule has 4 heteroatoms. The van der Waals surface area contributed by atoms with Gasteiger partial charge in [-0.05, 0) is 43.0 Å². The van der Waals surface area contributed by atoms with Gasteiger partial charge in [0, 0.05) is 11.5 Å². The van der Waals surface area contributed by atoms with Gasteiger partial charge < -0.3 is 19.3 Å². The molecule has 0 saturated carbocycles. The first kappa shape index (κ1) is 21.0. The van der Waals surface area contributed by atoms with Crippen molar-refractivity contribution in [2.75, 3.05) is 39.8 Å². The van der Waals surface area contributed by atoms with Crippen molar-refractivity contribution in [1.82, 2.24) is 0 Å². The number of benzene rings is 2. The topological polar surface area (TPSA) is 27.3 Å². The molecule has 1 fully saturated rings. The molecule has 2 N–H and O–H groups in total. The van der Waals surface area contributed by atoms with Crippen molar-refractivity contribution in [2.24, 2.45) is 5.92 Å². The third-order valence-corrected chi connectivity index (χ3v) is 6.54. The van der Waals surface area contributed by atoms with Crippen LogP contribution in [0, 0.1) is 5.92 Å². The van der Waals surface area contributed by atoms with Crippen LogP contribution in [0.1, 0.15) is 30.4 Å². The lowest BCUT2D eigenvalue weighted by Gasteiger charge is -2.32. The van der Waals surface area contributed by atoms with Gasteiger partial charge >= 0.3 is 0 Å². The van der Waals surface area contributed by atoms with E-state index in [-0.39, 0.29) is 0 Å². The number of hydrogen-bond donors (Lipinski definition) is 2. The maximum absolute atomic E-state index is 6.10. The Morgan fingerprint density at radius 1 is 0.867 bits per heavy atom. The third-order valence-electron chi connectivity index (χ3n) is 6.54. The van der Waals surface area contributed by atoms with Crippen LogP contribution in [0.2, 0.25) is 0 Å². The van der Waals surface area contributed by atoms with Gasteiger partial charge in [0.25, 0.3) is 0 Å². The zero-order chi connectivity index (χ0) is 20.6. The first-order valence-corrected chi connectivity index (χ1v) is 11.5. The Morgan fingerprint density at radius 3 is 2.40 bits per heavy atom. The normalized spacial score (nSPS) is 23.8. The molecule has 4 rings (SSSR count). The van der Waals surface area contributed by atoms with Crippen LogP contribution in [-0.4, -0.2) is 39.8 Å². The molecule has 0 aromatic heterocycles. The van der Waals surface area contributed by atoms with Crippen molar-refractivity contribution < 1.29 is 19.3 Å². The summed E-state index contributed by atoms with van der Waals surface area (Å²) in [5.74, 6) is 2.55.